The second kappa shape index (κ2) is 8.66. The summed E-state index contributed by atoms with van der Waals surface area (Å²) >= 11 is 0. The van der Waals surface area contributed by atoms with Crippen molar-refractivity contribution in [1.82, 2.24) is 5.32 Å². The molecule has 2 aromatic rings. The van der Waals surface area contributed by atoms with Crippen LogP contribution >= 0.6 is 0 Å². The van der Waals surface area contributed by atoms with Crippen molar-refractivity contribution in [2.24, 2.45) is 0 Å². The summed E-state index contributed by atoms with van der Waals surface area (Å²) in [5.41, 5.74) is 2.83. The van der Waals surface area contributed by atoms with Gasteiger partial charge in [-0.05, 0) is 61.1 Å². The minimum Gasteiger partial charge on any atom is -0.489 e. The number of hydrogen-bond acceptors (Lipinski definition) is 4. The van der Waals surface area contributed by atoms with Gasteiger partial charge in [0, 0.05) is 12.6 Å². The molecule has 2 N–H and O–H groups in total. The first kappa shape index (κ1) is 17.5. The van der Waals surface area contributed by atoms with Gasteiger partial charge in [-0.1, -0.05) is 24.3 Å². The molecule has 130 valence electrons. The van der Waals surface area contributed by atoms with Crippen molar-refractivity contribution in [3.63, 3.8) is 0 Å². The second-order valence-corrected chi connectivity index (χ2v) is 6.63. The zero-order valence-corrected chi connectivity index (χ0v) is 14.3. The van der Waals surface area contributed by atoms with Crippen molar-refractivity contribution in [2.75, 3.05) is 0 Å². The highest BCUT2D eigenvalue weighted by molar-refractivity contribution is 5.33. The van der Waals surface area contributed by atoms with E-state index in [0.29, 0.717) is 18.2 Å². The average Bonchev–Trinajstić information content (AvgIpc) is 2.66. The summed E-state index contributed by atoms with van der Waals surface area (Å²) in [5, 5.41) is 22.1. The van der Waals surface area contributed by atoms with Crippen LogP contribution in [0.1, 0.15) is 42.4 Å². The summed E-state index contributed by atoms with van der Waals surface area (Å²) in [6, 6.07) is 18.2. The SMILES string of the molecule is N#Cc1cccc(COc2cccc(CNC3CCC(O)CC3)c2)c1. The molecule has 1 aliphatic rings. The largest absolute Gasteiger partial charge is 0.489 e. The Kier molecular flexibility index (Phi) is 6.05. The summed E-state index contributed by atoms with van der Waals surface area (Å²) < 4.78 is 5.87. The van der Waals surface area contributed by atoms with Crippen molar-refractivity contribution < 1.29 is 9.84 Å². The lowest BCUT2D eigenvalue weighted by Crippen LogP contribution is -2.34. The van der Waals surface area contributed by atoms with E-state index < -0.39 is 0 Å². The Bertz CT molecular complexity index is 731. The molecular formula is C21H24N2O2. The van der Waals surface area contributed by atoms with Gasteiger partial charge in [0.05, 0.1) is 17.7 Å². The van der Waals surface area contributed by atoms with Crippen molar-refractivity contribution in [1.29, 1.82) is 5.26 Å². The second-order valence-electron chi connectivity index (χ2n) is 6.63. The van der Waals surface area contributed by atoms with Crippen molar-refractivity contribution >= 4 is 0 Å². The molecule has 0 unspecified atom stereocenters. The van der Waals surface area contributed by atoms with E-state index in [-0.39, 0.29) is 6.10 Å². The van der Waals surface area contributed by atoms with Gasteiger partial charge in [-0.3, -0.25) is 0 Å². The Balaban J connectivity index is 1.51. The first-order chi connectivity index (χ1) is 12.2. The fourth-order valence-corrected chi connectivity index (χ4v) is 3.18. The van der Waals surface area contributed by atoms with Gasteiger partial charge < -0.3 is 15.2 Å². The fraction of sp³-hybridized carbons (Fsp3) is 0.381. The lowest BCUT2D eigenvalue weighted by atomic mass is 9.93. The van der Waals surface area contributed by atoms with Gasteiger partial charge in [0.15, 0.2) is 0 Å². The molecule has 1 fully saturated rings. The van der Waals surface area contributed by atoms with Crippen LogP contribution in [-0.2, 0) is 13.2 Å². The maximum atomic E-state index is 9.57. The third kappa shape index (κ3) is 5.32. The van der Waals surface area contributed by atoms with E-state index in [1.165, 1.54) is 5.56 Å². The molecule has 0 heterocycles. The van der Waals surface area contributed by atoms with Crippen molar-refractivity contribution in [3.05, 3.63) is 65.2 Å². The van der Waals surface area contributed by atoms with Gasteiger partial charge in [-0.15, -0.1) is 0 Å². The fourth-order valence-electron chi connectivity index (χ4n) is 3.18. The van der Waals surface area contributed by atoms with E-state index in [1.54, 1.807) is 6.07 Å². The first-order valence-electron chi connectivity index (χ1n) is 8.85. The Hall–Kier alpha value is -2.35. The van der Waals surface area contributed by atoms with Crippen LogP contribution in [-0.4, -0.2) is 17.3 Å². The molecule has 0 aromatic heterocycles. The van der Waals surface area contributed by atoms with Gasteiger partial charge in [-0.25, -0.2) is 0 Å². The van der Waals surface area contributed by atoms with Crippen molar-refractivity contribution in [3.8, 4) is 11.8 Å². The van der Waals surface area contributed by atoms with Crippen LogP contribution in [0.25, 0.3) is 0 Å². The highest BCUT2D eigenvalue weighted by Crippen LogP contribution is 2.20. The number of nitrogens with one attached hydrogen (secondary N) is 1. The first-order valence-corrected chi connectivity index (χ1v) is 8.85. The van der Waals surface area contributed by atoms with Gasteiger partial charge >= 0.3 is 0 Å². The number of benzene rings is 2. The van der Waals surface area contributed by atoms with Crippen LogP contribution in [0.5, 0.6) is 5.75 Å². The molecule has 1 aliphatic carbocycles. The number of aliphatic hydroxyl groups excluding tert-OH is 1. The van der Waals surface area contributed by atoms with E-state index in [9.17, 15) is 5.11 Å². The van der Waals surface area contributed by atoms with E-state index in [2.05, 4.69) is 23.5 Å². The summed E-state index contributed by atoms with van der Waals surface area (Å²) in [6.45, 7) is 1.26. The molecule has 0 spiro atoms. The maximum Gasteiger partial charge on any atom is 0.120 e. The molecule has 3 rings (SSSR count). The Morgan fingerprint density at radius 2 is 1.80 bits per heavy atom. The van der Waals surface area contributed by atoms with Gasteiger partial charge in [0.25, 0.3) is 0 Å². The molecule has 1 saturated carbocycles. The number of ether oxygens (including phenoxy) is 1. The quantitative estimate of drug-likeness (QED) is 0.847. The van der Waals surface area contributed by atoms with E-state index in [1.807, 2.05) is 30.3 Å². The molecule has 4 nitrogen and oxygen atoms in total. The predicted molar refractivity (Wildman–Crippen MR) is 97.0 cm³/mol. The molecule has 0 amide bonds. The minimum atomic E-state index is -0.116. The number of nitrogens with zero attached hydrogens (tertiary/aromatic N) is 1. The highest BCUT2D eigenvalue weighted by atomic mass is 16.5. The van der Waals surface area contributed by atoms with Crippen LogP contribution < -0.4 is 10.1 Å². The number of rotatable bonds is 6. The third-order valence-corrected chi connectivity index (χ3v) is 4.65. The number of aliphatic hydroxyl groups is 1. The maximum absolute atomic E-state index is 9.57. The van der Waals surface area contributed by atoms with Crippen molar-refractivity contribution in [2.45, 2.75) is 51.0 Å². The third-order valence-electron chi connectivity index (χ3n) is 4.65. The minimum absolute atomic E-state index is 0.116. The normalized spacial score (nSPS) is 20.0. The molecule has 4 heteroatoms. The van der Waals surface area contributed by atoms with Crippen LogP contribution in [0.4, 0.5) is 0 Å². The van der Waals surface area contributed by atoms with E-state index in [0.717, 1.165) is 43.5 Å². The number of nitriles is 1. The van der Waals surface area contributed by atoms with Crippen LogP contribution in [0.3, 0.4) is 0 Å². The zero-order chi connectivity index (χ0) is 17.5. The number of hydrogen-bond donors (Lipinski definition) is 2. The monoisotopic (exact) mass is 336 g/mol. The lowest BCUT2D eigenvalue weighted by molar-refractivity contribution is 0.116. The summed E-state index contributed by atoms with van der Waals surface area (Å²) in [7, 11) is 0. The standard InChI is InChI=1S/C21H24N2O2/c22-13-16-3-1-5-18(11-16)15-25-21-6-2-4-17(12-21)14-23-19-7-9-20(24)10-8-19/h1-6,11-12,19-20,23-24H,7-10,14-15H2. The van der Waals surface area contributed by atoms with E-state index in [4.69, 9.17) is 10.00 Å². The molecule has 0 bridgehead atoms. The Labute approximate surface area is 149 Å². The van der Waals surface area contributed by atoms with Gasteiger partial charge in [0.2, 0.25) is 0 Å². The molecule has 2 aromatic carbocycles. The van der Waals surface area contributed by atoms with Gasteiger partial charge in [-0.2, -0.15) is 5.26 Å². The summed E-state index contributed by atoms with van der Waals surface area (Å²) in [6.07, 6.45) is 3.74. The molecule has 25 heavy (non-hydrogen) atoms. The summed E-state index contributed by atoms with van der Waals surface area (Å²) in [5.74, 6) is 0.834. The zero-order valence-electron chi connectivity index (χ0n) is 14.3. The molecule has 0 radical (unpaired) electrons. The Morgan fingerprint density at radius 1 is 1.04 bits per heavy atom. The van der Waals surface area contributed by atoms with Gasteiger partial charge in [0.1, 0.15) is 12.4 Å². The Morgan fingerprint density at radius 3 is 2.60 bits per heavy atom. The molecular weight excluding hydrogens is 312 g/mol. The molecule has 0 saturated heterocycles. The predicted octanol–water partition coefficient (Wildman–Crippen LogP) is 3.53. The smallest absolute Gasteiger partial charge is 0.120 e. The van der Waals surface area contributed by atoms with Crippen LogP contribution in [0.2, 0.25) is 0 Å². The topological polar surface area (TPSA) is 65.3 Å². The average molecular weight is 336 g/mol. The molecule has 0 aliphatic heterocycles. The summed E-state index contributed by atoms with van der Waals surface area (Å²) in [4.78, 5) is 0. The van der Waals surface area contributed by atoms with E-state index >= 15 is 0 Å². The highest BCUT2D eigenvalue weighted by Gasteiger charge is 2.18. The van der Waals surface area contributed by atoms with Crippen LogP contribution in [0.15, 0.2) is 48.5 Å². The van der Waals surface area contributed by atoms with Crippen LogP contribution in [0, 0.1) is 11.3 Å². The molecule has 0 atom stereocenters. The lowest BCUT2D eigenvalue weighted by Gasteiger charge is -2.26.